The third kappa shape index (κ3) is 1.06. The second-order valence-corrected chi connectivity index (χ2v) is 6.62. The summed E-state index contributed by atoms with van der Waals surface area (Å²) in [7, 11) is -0.598. The lowest BCUT2D eigenvalue weighted by atomic mass is 9.93. The van der Waals surface area contributed by atoms with Gasteiger partial charge < -0.3 is 5.11 Å². The molecule has 0 bridgehead atoms. The molecule has 5 heteroatoms. The van der Waals surface area contributed by atoms with E-state index in [1.54, 1.807) is 13.8 Å². The Bertz CT molecular complexity index is 208. The van der Waals surface area contributed by atoms with Crippen LogP contribution in [0, 0.1) is 0 Å². The molecule has 0 aliphatic carbocycles. The van der Waals surface area contributed by atoms with Gasteiger partial charge in [0.05, 0.1) is 14.6 Å². The van der Waals surface area contributed by atoms with Gasteiger partial charge in [0.1, 0.15) is 5.60 Å². The fourth-order valence-corrected chi connectivity index (χ4v) is 3.92. The summed E-state index contributed by atoms with van der Waals surface area (Å²) < 4.78 is 10.4. The fourth-order valence-electron chi connectivity index (χ4n) is 0.662. The Kier molecular flexibility index (Phi) is 1.93. The lowest BCUT2D eigenvalue weighted by Gasteiger charge is -2.27. The van der Waals surface area contributed by atoms with Crippen molar-refractivity contribution in [3.05, 3.63) is 0 Å². The first kappa shape index (κ1) is 9.22. The fraction of sp³-hybridized carbons (Fsp3) is 0.833. The average molecular weight is 194 g/mol. The molecule has 0 aromatic heterocycles. The topological polar surface area (TPSA) is 54.4 Å². The Morgan fingerprint density at radius 2 is 1.91 bits per heavy atom. The smallest absolute Gasteiger partial charge is 0.234 e. The Morgan fingerprint density at radius 1 is 1.45 bits per heavy atom. The summed E-state index contributed by atoms with van der Waals surface area (Å²) in [6, 6.07) is 0. The highest BCUT2D eigenvalue weighted by Crippen LogP contribution is 2.44. The zero-order valence-corrected chi connectivity index (χ0v) is 8.21. The summed E-state index contributed by atoms with van der Waals surface area (Å²) in [5, 5.41) is 9.20. The quantitative estimate of drug-likeness (QED) is 0.569. The number of hydrogen-bond donors (Lipinski definition) is 1. The molecule has 1 saturated heterocycles. The highest BCUT2D eigenvalue weighted by atomic mass is 33.1. The number of rotatable bonds is 0. The molecule has 64 valence electrons. The summed E-state index contributed by atoms with van der Waals surface area (Å²) in [5.41, 5.74) is -1.46. The molecule has 0 radical (unpaired) electrons. The van der Waals surface area contributed by atoms with E-state index < -0.39 is 25.3 Å². The van der Waals surface area contributed by atoms with Gasteiger partial charge in [-0.1, -0.05) is 0 Å². The highest BCUT2D eigenvalue weighted by molar-refractivity contribution is 8.76. The Morgan fingerprint density at radius 3 is 2.00 bits per heavy atom. The molecule has 1 N–H and O–H groups in total. The number of aliphatic hydroxyl groups is 1. The third-order valence-corrected chi connectivity index (χ3v) is 6.23. The third-order valence-electron chi connectivity index (χ3n) is 2.14. The van der Waals surface area contributed by atoms with Crippen LogP contribution >= 0.6 is 10.8 Å². The minimum Gasteiger partial charge on any atom is -0.380 e. The van der Waals surface area contributed by atoms with Crippen LogP contribution in [0.25, 0.3) is 0 Å². The van der Waals surface area contributed by atoms with Gasteiger partial charge in [-0.25, -0.2) is 4.21 Å². The summed E-state index contributed by atoms with van der Waals surface area (Å²) in [4.78, 5) is 11.0. The number of carbonyl (C=O) groups excluding carboxylic acids is 1. The molecule has 1 unspecified atom stereocenters. The molecule has 0 aromatic carbocycles. The van der Waals surface area contributed by atoms with E-state index in [-0.39, 0.29) is 0 Å². The van der Waals surface area contributed by atoms with Gasteiger partial charge in [-0.2, -0.15) is 0 Å². The van der Waals surface area contributed by atoms with Crippen molar-refractivity contribution in [2.24, 2.45) is 0 Å². The van der Waals surface area contributed by atoms with Crippen LogP contribution in [0.3, 0.4) is 0 Å². The zero-order valence-electron chi connectivity index (χ0n) is 6.58. The number of hydrogen-bond acceptors (Lipinski definition) is 4. The zero-order chi connectivity index (χ0) is 8.86. The van der Waals surface area contributed by atoms with Crippen molar-refractivity contribution in [1.29, 1.82) is 0 Å². The Balaban J connectivity index is 3.15. The molecule has 0 spiro atoms. The van der Waals surface area contributed by atoms with Crippen molar-refractivity contribution in [3.8, 4) is 0 Å². The molecular weight excluding hydrogens is 184 g/mol. The van der Waals surface area contributed by atoms with Crippen LogP contribution in [0.1, 0.15) is 20.8 Å². The van der Waals surface area contributed by atoms with Crippen LogP contribution < -0.4 is 0 Å². The molecule has 1 rings (SSSR count). The van der Waals surface area contributed by atoms with Crippen molar-refractivity contribution < 1.29 is 14.1 Å². The second kappa shape index (κ2) is 2.31. The Labute approximate surface area is 71.4 Å². The van der Waals surface area contributed by atoms with E-state index in [9.17, 15) is 14.1 Å². The molecule has 0 amide bonds. The predicted molar refractivity (Wildman–Crippen MR) is 45.4 cm³/mol. The number of carbonyl (C=O) groups is 1. The van der Waals surface area contributed by atoms with Gasteiger partial charge in [0.2, 0.25) is 5.12 Å². The van der Waals surface area contributed by atoms with Gasteiger partial charge in [-0.3, -0.25) is 4.79 Å². The molecular formula is C6H10O3S2. The monoisotopic (exact) mass is 194 g/mol. The lowest BCUT2D eigenvalue weighted by molar-refractivity contribution is -0.127. The average Bonchev–Trinajstić information content (AvgIpc) is 1.95. The van der Waals surface area contributed by atoms with Crippen LogP contribution in [-0.2, 0) is 14.6 Å². The van der Waals surface area contributed by atoms with E-state index in [2.05, 4.69) is 0 Å². The first-order chi connectivity index (χ1) is 4.80. The van der Waals surface area contributed by atoms with E-state index in [0.29, 0.717) is 0 Å². The molecule has 1 aliphatic rings. The molecule has 0 saturated carbocycles. The van der Waals surface area contributed by atoms with Gasteiger partial charge in [0.25, 0.3) is 0 Å². The van der Waals surface area contributed by atoms with Gasteiger partial charge >= 0.3 is 0 Å². The summed E-state index contributed by atoms with van der Waals surface area (Å²) in [6.45, 7) is 4.66. The molecule has 3 nitrogen and oxygen atoms in total. The molecule has 11 heavy (non-hydrogen) atoms. The van der Waals surface area contributed by atoms with Crippen LogP contribution in [0.15, 0.2) is 0 Å². The van der Waals surface area contributed by atoms with Gasteiger partial charge in [0, 0.05) is 10.8 Å². The van der Waals surface area contributed by atoms with Crippen molar-refractivity contribution in [2.75, 3.05) is 0 Å². The maximum atomic E-state index is 11.2. The normalized spacial score (nSPS) is 42.9. The van der Waals surface area contributed by atoms with Crippen molar-refractivity contribution in [1.82, 2.24) is 0 Å². The first-order valence-corrected chi connectivity index (χ1v) is 5.65. The highest BCUT2D eigenvalue weighted by Gasteiger charge is 2.57. The van der Waals surface area contributed by atoms with E-state index in [4.69, 9.17) is 0 Å². The van der Waals surface area contributed by atoms with Crippen LogP contribution in [-0.4, -0.2) is 24.8 Å². The summed E-state index contributed by atoms with van der Waals surface area (Å²) in [5.74, 6) is 0. The van der Waals surface area contributed by atoms with Crippen LogP contribution in [0.5, 0.6) is 0 Å². The van der Waals surface area contributed by atoms with Gasteiger partial charge in [-0.15, -0.1) is 0 Å². The molecule has 0 aromatic rings. The summed E-state index contributed by atoms with van der Waals surface area (Å²) in [6.07, 6.45) is 0. The summed E-state index contributed by atoms with van der Waals surface area (Å²) >= 11 is 0. The van der Waals surface area contributed by atoms with Gasteiger partial charge in [0.15, 0.2) is 0 Å². The van der Waals surface area contributed by atoms with E-state index in [1.807, 2.05) is 0 Å². The minimum absolute atomic E-state index is 0.402. The first-order valence-electron chi connectivity index (χ1n) is 3.17. The van der Waals surface area contributed by atoms with Crippen molar-refractivity contribution >= 4 is 25.7 Å². The molecule has 1 aliphatic heterocycles. The molecule has 1 heterocycles. The second-order valence-electron chi connectivity index (χ2n) is 3.19. The maximum Gasteiger partial charge on any atom is 0.234 e. The molecule has 1 fully saturated rings. The van der Waals surface area contributed by atoms with Crippen LogP contribution in [0.2, 0.25) is 0 Å². The standard InChI is InChI=1S/C6H10O3S2/c1-5(2)6(3,8)4(7)10-11(5)9/h8H,1-3H3/t6-,11?/m1/s1. The largest absolute Gasteiger partial charge is 0.380 e. The van der Waals surface area contributed by atoms with Crippen molar-refractivity contribution in [2.45, 2.75) is 31.1 Å². The van der Waals surface area contributed by atoms with Crippen molar-refractivity contribution in [3.63, 3.8) is 0 Å². The van der Waals surface area contributed by atoms with E-state index in [1.165, 1.54) is 6.92 Å². The van der Waals surface area contributed by atoms with Gasteiger partial charge in [-0.05, 0) is 20.8 Å². The minimum atomic E-state index is -1.46. The van der Waals surface area contributed by atoms with E-state index >= 15 is 0 Å². The maximum absolute atomic E-state index is 11.2. The van der Waals surface area contributed by atoms with Crippen LogP contribution in [0.4, 0.5) is 0 Å². The predicted octanol–water partition coefficient (Wildman–Crippen LogP) is 0.453. The SMILES string of the molecule is CC1(C)S(=O)SC(=O)[C@@]1(C)O. The molecule has 2 atom stereocenters. The Hall–Kier alpha value is 0.130. The lowest BCUT2D eigenvalue weighted by Crippen LogP contribution is -2.48. The van der Waals surface area contributed by atoms with E-state index in [0.717, 1.165) is 10.8 Å².